The highest BCUT2D eigenvalue weighted by Crippen LogP contribution is 2.20. The Bertz CT molecular complexity index is 412. The minimum Gasteiger partial charge on any atom is -0.481 e. The summed E-state index contributed by atoms with van der Waals surface area (Å²) >= 11 is 0. The molecule has 0 bridgehead atoms. The van der Waals surface area contributed by atoms with Crippen LogP contribution in [-0.4, -0.2) is 31.0 Å². The van der Waals surface area contributed by atoms with Crippen molar-refractivity contribution in [2.75, 3.05) is 11.5 Å². The van der Waals surface area contributed by atoms with Crippen LogP contribution in [0.2, 0.25) is 0 Å². The van der Waals surface area contributed by atoms with Crippen molar-refractivity contribution in [1.29, 1.82) is 0 Å². The fraction of sp³-hybridized carbons (Fsp3) is 0.812. The molecule has 122 valence electrons. The van der Waals surface area contributed by atoms with Gasteiger partial charge in [0, 0.05) is 6.42 Å². The number of allylic oxidation sites excluding steroid dienone is 2. The summed E-state index contributed by atoms with van der Waals surface area (Å²) in [7, 11) is -2.74. The van der Waals surface area contributed by atoms with Crippen molar-refractivity contribution < 1.29 is 18.3 Å². The molecule has 0 atom stereocenters. The van der Waals surface area contributed by atoms with Crippen LogP contribution in [0.4, 0.5) is 0 Å². The molecule has 0 spiro atoms. The summed E-state index contributed by atoms with van der Waals surface area (Å²) in [6, 6.07) is 0. The smallest absolute Gasteiger partial charge is 0.303 e. The molecular weight excluding hydrogens is 288 g/mol. The normalized spacial score (nSPS) is 19.0. The second-order valence-electron chi connectivity index (χ2n) is 5.97. The van der Waals surface area contributed by atoms with E-state index in [4.69, 9.17) is 5.11 Å². The van der Waals surface area contributed by atoms with Gasteiger partial charge in [0.1, 0.15) is 9.84 Å². The maximum atomic E-state index is 11.3. The molecule has 0 aromatic carbocycles. The van der Waals surface area contributed by atoms with Crippen molar-refractivity contribution in [3.05, 3.63) is 12.2 Å². The number of sulfone groups is 1. The minimum absolute atomic E-state index is 0.292. The van der Waals surface area contributed by atoms with Crippen LogP contribution in [0.3, 0.4) is 0 Å². The van der Waals surface area contributed by atoms with E-state index in [2.05, 4.69) is 12.2 Å². The van der Waals surface area contributed by atoms with Gasteiger partial charge in [-0.15, -0.1) is 0 Å². The molecule has 0 radical (unpaired) electrons. The number of carboxylic acid groups (broad SMARTS) is 1. The van der Waals surface area contributed by atoms with Crippen LogP contribution < -0.4 is 0 Å². The molecule has 5 heteroatoms. The quantitative estimate of drug-likeness (QED) is 0.494. The van der Waals surface area contributed by atoms with Gasteiger partial charge in [-0.2, -0.15) is 0 Å². The highest BCUT2D eigenvalue weighted by molar-refractivity contribution is 7.91. The molecule has 0 aromatic heterocycles. The SMILES string of the molecule is O=C(O)CCCCCCCCC=CC1CCS(=O)(=O)CC1. The average molecular weight is 316 g/mol. The number of carboxylic acids is 1. The van der Waals surface area contributed by atoms with Gasteiger partial charge in [-0.05, 0) is 38.0 Å². The van der Waals surface area contributed by atoms with Gasteiger partial charge in [0.2, 0.25) is 0 Å². The lowest BCUT2D eigenvalue weighted by Crippen LogP contribution is -2.22. The van der Waals surface area contributed by atoms with E-state index < -0.39 is 15.8 Å². The monoisotopic (exact) mass is 316 g/mol. The summed E-state index contributed by atoms with van der Waals surface area (Å²) in [4.78, 5) is 10.3. The first-order valence-electron chi connectivity index (χ1n) is 8.08. The van der Waals surface area contributed by atoms with E-state index in [0.717, 1.165) is 38.5 Å². The van der Waals surface area contributed by atoms with Crippen LogP contribution in [0.5, 0.6) is 0 Å². The first kappa shape index (κ1) is 18.2. The Kier molecular flexibility index (Phi) is 8.66. The highest BCUT2D eigenvalue weighted by Gasteiger charge is 2.21. The van der Waals surface area contributed by atoms with Crippen LogP contribution in [0.1, 0.15) is 64.2 Å². The Morgan fingerprint density at radius 3 is 2.19 bits per heavy atom. The van der Waals surface area contributed by atoms with E-state index in [9.17, 15) is 13.2 Å². The Hall–Kier alpha value is -0.840. The molecule has 0 unspecified atom stereocenters. The van der Waals surface area contributed by atoms with Crippen molar-refractivity contribution >= 4 is 15.8 Å². The van der Waals surface area contributed by atoms with Crippen molar-refractivity contribution in [3.63, 3.8) is 0 Å². The highest BCUT2D eigenvalue weighted by atomic mass is 32.2. The van der Waals surface area contributed by atoms with Crippen LogP contribution in [0.25, 0.3) is 0 Å². The number of aliphatic carboxylic acids is 1. The lowest BCUT2D eigenvalue weighted by molar-refractivity contribution is -0.137. The summed E-state index contributed by atoms with van der Waals surface area (Å²) < 4.78 is 22.6. The number of carbonyl (C=O) groups is 1. The van der Waals surface area contributed by atoms with Gasteiger partial charge in [-0.3, -0.25) is 4.79 Å². The van der Waals surface area contributed by atoms with Gasteiger partial charge >= 0.3 is 5.97 Å². The van der Waals surface area contributed by atoms with Gasteiger partial charge < -0.3 is 5.11 Å². The molecule has 21 heavy (non-hydrogen) atoms. The molecule has 1 N–H and O–H groups in total. The van der Waals surface area contributed by atoms with Gasteiger partial charge in [0.15, 0.2) is 0 Å². The van der Waals surface area contributed by atoms with Crippen molar-refractivity contribution in [1.82, 2.24) is 0 Å². The van der Waals surface area contributed by atoms with E-state index >= 15 is 0 Å². The first-order chi connectivity index (χ1) is 9.99. The summed E-state index contributed by atoms with van der Waals surface area (Å²) in [5.41, 5.74) is 0. The molecule has 0 aromatic rings. The van der Waals surface area contributed by atoms with E-state index in [1.807, 2.05) is 0 Å². The first-order valence-corrected chi connectivity index (χ1v) is 9.90. The lowest BCUT2D eigenvalue weighted by atomic mass is 10.0. The zero-order chi connectivity index (χ0) is 15.6. The maximum Gasteiger partial charge on any atom is 0.303 e. The maximum absolute atomic E-state index is 11.3. The molecule has 1 aliphatic rings. The fourth-order valence-corrected chi connectivity index (χ4v) is 4.16. The Morgan fingerprint density at radius 2 is 1.57 bits per heavy atom. The zero-order valence-corrected chi connectivity index (χ0v) is 13.6. The van der Waals surface area contributed by atoms with Crippen LogP contribution in [0.15, 0.2) is 12.2 Å². The third kappa shape index (κ3) is 9.67. The molecule has 0 amide bonds. The third-order valence-corrected chi connectivity index (χ3v) is 5.73. The van der Waals surface area contributed by atoms with E-state index in [0.29, 0.717) is 23.8 Å². The van der Waals surface area contributed by atoms with E-state index in [-0.39, 0.29) is 0 Å². The molecule has 1 aliphatic heterocycles. The second kappa shape index (κ2) is 9.98. The summed E-state index contributed by atoms with van der Waals surface area (Å²) in [5.74, 6) is 0.441. The standard InChI is InChI=1S/C16H28O4S/c17-16(18)10-8-6-4-2-1-3-5-7-9-15-11-13-21(19,20)14-12-15/h7,9,15H,1-6,8,10-14H2,(H,17,18). The molecule has 1 rings (SSSR count). The number of rotatable bonds is 10. The Morgan fingerprint density at radius 1 is 1.00 bits per heavy atom. The molecule has 1 heterocycles. The lowest BCUT2D eigenvalue weighted by Gasteiger charge is -2.18. The summed E-state index contributed by atoms with van der Waals surface area (Å²) in [6.07, 6.45) is 13.8. The molecular formula is C16H28O4S. The van der Waals surface area contributed by atoms with Gasteiger partial charge in [0.25, 0.3) is 0 Å². The van der Waals surface area contributed by atoms with Crippen LogP contribution in [0, 0.1) is 5.92 Å². The Labute approximate surface area is 128 Å². The predicted molar refractivity (Wildman–Crippen MR) is 85.1 cm³/mol. The van der Waals surface area contributed by atoms with Crippen molar-refractivity contribution in [2.45, 2.75) is 64.2 Å². The number of hydrogen-bond donors (Lipinski definition) is 1. The second-order valence-corrected chi connectivity index (χ2v) is 8.27. The van der Waals surface area contributed by atoms with Crippen molar-refractivity contribution in [2.24, 2.45) is 5.92 Å². The van der Waals surface area contributed by atoms with Gasteiger partial charge in [0.05, 0.1) is 11.5 Å². The van der Waals surface area contributed by atoms with Gasteiger partial charge in [-0.1, -0.05) is 37.8 Å². The largest absolute Gasteiger partial charge is 0.481 e. The van der Waals surface area contributed by atoms with Crippen molar-refractivity contribution in [3.8, 4) is 0 Å². The molecule has 1 fully saturated rings. The average Bonchev–Trinajstić information content (AvgIpc) is 2.42. The van der Waals surface area contributed by atoms with E-state index in [1.54, 1.807) is 0 Å². The number of hydrogen-bond acceptors (Lipinski definition) is 3. The third-order valence-electron chi connectivity index (χ3n) is 4.02. The minimum atomic E-state index is -2.74. The zero-order valence-electron chi connectivity index (χ0n) is 12.8. The summed E-state index contributed by atoms with van der Waals surface area (Å²) in [5, 5.41) is 8.51. The van der Waals surface area contributed by atoms with Gasteiger partial charge in [-0.25, -0.2) is 8.42 Å². The predicted octanol–water partition coefficient (Wildman–Crippen LogP) is 3.57. The van der Waals surface area contributed by atoms with E-state index in [1.165, 1.54) is 19.3 Å². The molecule has 0 saturated carbocycles. The molecule has 4 nitrogen and oxygen atoms in total. The molecule has 0 aliphatic carbocycles. The topological polar surface area (TPSA) is 71.4 Å². The van der Waals surface area contributed by atoms with Crippen LogP contribution >= 0.6 is 0 Å². The summed E-state index contributed by atoms with van der Waals surface area (Å²) in [6.45, 7) is 0. The Balaban J connectivity index is 1.92. The number of unbranched alkanes of at least 4 members (excludes halogenated alkanes) is 6. The fourth-order valence-electron chi connectivity index (χ4n) is 2.63. The van der Waals surface area contributed by atoms with Crippen LogP contribution in [-0.2, 0) is 14.6 Å². The molecule has 1 saturated heterocycles.